The van der Waals surface area contributed by atoms with Gasteiger partial charge in [-0.3, -0.25) is 0 Å². The Morgan fingerprint density at radius 3 is 1.34 bits per heavy atom. The summed E-state index contributed by atoms with van der Waals surface area (Å²) in [6, 6.07) is 41.8. The molecule has 2 unspecified atom stereocenters. The SMILES string of the molecule is [CH2-]c1ccccc1PP.[CH2-]c1ccccc1[PH+](c1ccccc1)c1ccccc1.[Cu+2].[Cu+2].c1cn[n-]c1.c1cn[n-]c1. The van der Waals surface area contributed by atoms with E-state index in [1.165, 1.54) is 21.2 Å². The van der Waals surface area contributed by atoms with E-state index in [0.717, 1.165) is 19.4 Å². The van der Waals surface area contributed by atoms with Crippen LogP contribution in [0.15, 0.2) is 146 Å². The number of hydrogen-bond acceptors (Lipinski definition) is 2. The second-order valence-electron chi connectivity index (χ2n) is 8.01. The van der Waals surface area contributed by atoms with Crippen molar-refractivity contribution in [3.63, 3.8) is 0 Å². The number of rotatable bonds is 4. The maximum atomic E-state index is 4.22. The number of aromatic nitrogens is 4. The van der Waals surface area contributed by atoms with Crippen LogP contribution in [-0.4, -0.2) is 10.2 Å². The van der Waals surface area contributed by atoms with Crippen molar-refractivity contribution in [1.29, 1.82) is 0 Å². The fraction of sp³-hybridized carbons (Fsp3) is 0. The summed E-state index contributed by atoms with van der Waals surface area (Å²) in [5.74, 6) is 0. The fourth-order valence-electron chi connectivity index (χ4n) is 3.50. The maximum Gasteiger partial charge on any atom is 2.00 e. The van der Waals surface area contributed by atoms with Crippen LogP contribution in [0, 0.1) is 13.8 Å². The molecule has 0 saturated heterocycles. The van der Waals surface area contributed by atoms with Gasteiger partial charge in [-0.1, -0.05) is 66.7 Å². The molecule has 0 spiro atoms. The molecule has 2 atom stereocenters. The van der Waals surface area contributed by atoms with E-state index < -0.39 is 7.92 Å². The summed E-state index contributed by atoms with van der Waals surface area (Å²) < 4.78 is 0. The Labute approximate surface area is 270 Å². The van der Waals surface area contributed by atoms with E-state index in [4.69, 9.17) is 0 Å². The van der Waals surface area contributed by atoms with Gasteiger partial charge in [0.25, 0.3) is 0 Å². The first-order valence-electron chi connectivity index (χ1n) is 12.2. The second-order valence-corrected chi connectivity index (χ2v) is 12.1. The second kappa shape index (κ2) is 22.0. The minimum atomic E-state index is -0.970. The molecule has 6 aromatic rings. The van der Waals surface area contributed by atoms with Crippen molar-refractivity contribution < 1.29 is 34.1 Å². The van der Waals surface area contributed by atoms with E-state index in [0.29, 0.717) is 0 Å². The molecule has 4 nitrogen and oxygen atoms in total. The van der Waals surface area contributed by atoms with Gasteiger partial charge in [0.2, 0.25) is 0 Å². The zero-order valence-electron chi connectivity index (χ0n) is 22.2. The Balaban J connectivity index is 0.000000329. The van der Waals surface area contributed by atoms with Gasteiger partial charge in [0.15, 0.2) is 0 Å². The molecule has 2 radical (unpaired) electrons. The van der Waals surface area contributed by atoms with Crippen LogP contribution in [0.25, 0.3) is 0 Å². The third kappa shape index (κ3) is 13.3. The molecule has 0 aliphatic rings. The van der Waals surface area contributed by atoms with Crippen LogP contribution in [0.5, 0.6) is 0 Å². The van der Waals surface area contributed by atoms with Crippen molar-refractivity contribution in [1.82, 2.24) is 20.4 Å². The van der Waals surface area contributed by atoms with Crippen molar-refractivity contribution >= 4 is 46.3 Å². The molecule has 2 heterocycles. The monoisotopic (exact) mass is 691 g/mol. The van der Waals surface area contributed by atoms with Crippen molar-refractivity contribution in [2.24, 2.45) is 0 Å². The van der Waals surface area contributed by atoms with E-state index in [2.05, 4.69) is 134 Å². The topological polar surface area (TPSA) is 54.0 Å². The van der Waals surface area contributed by atoms with Gasteiger partial charge in [0.05, 0.1) is 18.5 Å². The zero-order chi connectivity index (χ0) is 27.5. The summed E-state index contributed by atoms with van der Waals surface area (Å²) in [5, 5.41) is 19.4. The minimum Gasteiger partial charge on any atom is -0.582 e. The molecule has 0 amide bonds. The largest absolute Gasteiger partial charge is 2.00 e. The minimum absolute atomic E-state index is 0. The Morgan fingerprint density at radius 2 is 1.00 bits per heavy atom. The van der Waals surface area contributed by atoms with Crippen LogP contribution >= 0.6 is 25.1 Å². The van der Waals surface area contributed by atoms with Crippen LogP contribution in [0.1, 0.15) is 11.1 Å². The van der Waals surface area contributed by atoms with Gasteiger partial charge in [0, 0.05) is 17.7 Å². The molecule has 0 fully saturated rings. The molecule has 0 saturated carbocycles. The Morgan fingerprint density at radius 1 is 0.561 bits per heavy atom. The quantitative estimate of drug-likeness (QED) is 0.141. The Kier molecular flexibility index (Phi) is 19.6. The third-order valence-corrected chi connectivity index (χ3v) is 9.91. The number of nitrogens with zero attached hydrogens (tertiary/aromatic N) is 4. The van der Waals surface area contributed by atoms with E-state index in [9.17, 15) is 0 Å². The van der Waals surface area contributed by atoms with Gasteiger partial charge in [-0.15, -0.1) is 40.7 Å². The molecule has 0 N–H and O–H groups in total. The standard InChI is InChI=1S/C19H16P.C7H9P2.2C3H3N2.2Cu/c1-16-10-8-9-15-19(16)20(17-11-4-2-5-12-17)18-13-6-3-7-14-18;1-6-4-2-3-5-7(6)9-8;2*1-2-4-5-3-1;;/h2-15H,1H2;2-5,9H,1,8H2;2*1-3H;;/q4*-1;2*+2/p+1. The Bertz CT molecular complexity index is 1320. The maximum absolute atomic E-state index is 4.22. The van der Waals surface area contributed by atoms with Gasteiger partial charge in [-0.25, -0.2) is 0 Å². The van der Waals surface area contributed by atoms with Crippen molar-refractivity contribution in [2.45, 2.75) is 0 Å². The van der Waals surface area contributed by atoms with E-state index in [1.54, 1.807) is 36.9 Å². The van der Waals surface area contributed by atoms with Crippen LogP contribution < -0.4 is 31.4 Å². The van der Waals surface area contributed by atoms with Crippen molar-refractivity contribution in [3.8, 4) is 0 Å². The van der Waals surface area contributed by atoms with Gasteiger partial charge in [0.1, 0.15) is 0 Å². The van der Waals surface area contributed by atoms with Gasteiger partial charge >= 0.3 is 34.1 Å². The number of benzene rings is 4. The molecular formula is C32H32Cu2N4P3+. The molecule has 41 heavy (non-hydrogen) atoms. The first-order chi connectivity index (χ1) is 19.2. The predicted octanol–water partition coefficient (Wildman–Crippen LogP) is 5.39. The average molecular weight is 693 g/mol. The molecular weight excluding hydrogens is 660 g/mol. The van der Waals surface area contributed by atoms with Crippen molar-refractivity contribution in [3.05, 3.63) is 171 Å². The summed E-state index contributed by atoms with van der Waals surface area (Å²) >= 11 is 0. The summed E-state index contributed by atoms with van der Waals surface area (Å²) in [5.41, 5.74) is 2.28. The molecule has 2 aromatic heterocycles. The fourth-order valence-corrected chi connectivity index (χ4v) is 7.48. The molecule has 216 valence electrons. The Hall–Kier alpha value is -2.63. The first kappa shape index (κ1) is 36.4. The molecule has 0 aliphatic heterocycles. The molecule has 6 rings (SSSR count). The van der Waals surface area contributed by atoms with Crippen molar-refractivity contribution in [2.75, 3.05) is 0 Å². The zero-order valence-corrected chi connectivity index (χ0v) is 27.3. The van der Waals surface area contributed by atoms with E-state index >= 15 is 0 Å². The molecule has 0 bridgehead atoms. The summed E-state index contributed by atoms with van der Waals surface area (Å²) in [6.45, 7) is 8.10. The smallest absolute Gasteiger partial charge is 0.582 e. The first-order valence-corrected chi connectivity index (χ1v) is 16.5. The summed E-state index contributed by atoms with van der Waals surface area (Å²) in [7, 11) is 2.53. The number of hydrogen-bond donors (Lipinski definition) is 0. The summed E-state index contributed by atoms with van der Waals surface area (Å²) in [6.07, 6.45) is 6.56. The van der Waals surface area contributed by atoms with Gasteiger partial charge in [-0.2, -0.15) is 49.5 Å². The summed E-state index contributed by atoms with van der Waals surface area (Å²) in [4.78, 5) is 0. The van der Waals surface area contributed by atoms with Gasteiger partial charge in [-0.05, 0) is 24.3 Å². The van der Waals surface area contributed by atoms with Crippen LogP contribution in [0.2, 0.25) is 0 Å². The molecule has 9 heteroatoms. The van der Waals surface area contributed by atoms with E-state index in [1.807, 2.05) is 18.2 Å². The van der Waals surface area contributed by atoms with E-state index in [-0.39, 0.29) is 34.1 Å². The van der Waals surface area contributed by atoms with Gasteiger partial charge < -0.3 is 20.4 Å². The third-order valence-electron chi connectivity index (χ3n) is 5.33. The average Bonchev–Trinajstić information content (AvgIpc) is 3.76. The predicted molar refractivity (Wildman–Crippen MR) is 175 cm³/mol. The van der Waals surface area contributed by atoms with Crippen LogP contribution in [0.4, 0.5) is 0 Å². The normalized spacial score (nSPS) is 9.51. The van der Waals surface area contributed by atoms with Crippen LogP contribution in [-0.2, 0) is 34.1 Å². The molecule has 4 aromatic carbocycles. The molecule has 0 aliphatic carbocycles. The van der Waals surface area contributed by atoms with Crippen LogP contribution in [0.3, 0.4) is 0 Å².